The molecule has 0 aliphatic carbocycles. The third kappa shape index (κ3) is 7.13. The van der Waals surface area contributed by atoms with E-state index in [2.05, 4.69) is 65.4 Å². The highest BCUT2D eigenvalue weighted by atomic mass is 19.1. The number of alkyl halides is 1. The van der Waals surface area contributed by atoms with Crippen molar-refractivity contribution in [1.29, 1.82) is 0 Å². The summed E-state index contributed by atoms with van der Waals surface area (Å²) >= 11 is 0. The molecule has 0 unspecified atom stereocenters. The smallest absolute Gasteiger partial charge is 0.119 e. The van der Waals surface area contributed by atoms with Crippen LogP contribution in [0.5, 0.6) is 5.75 Å². The first-order chi connectivity index (χ1) is 17.6. The number of H-pyrrole nitrogens is 1. The van der Waals surface area contributed by atoms with E-state index in [0.29, 0.717) is 6.61 Å². The second-order valence-electron chi connectivity index (χ2n) is 9.48. The number of aromatic nitrogens is 1. The Kier molecular flexibility index (Phi) is 10.4. The number of hydrogen-bond donors (Lipinski definition) is 2. The average molecular weight is 492 g/mol. The Morgan fingerprint density at radius 1 is 1.14 bits per heavy atom. The van der Waals surface area contributed by atoms with Crippen molar-refractivity contribution < 1.29 is 14.2 Å². The molecule has 5 rings (SSSR count). The lowest BCUT2D eigenvalue weighted by Crippen LogP contribution is -2.49. The zero-order valence-electron chi connectivity index (χ0n) is 21.2. The Morgan fingerprint density at radius 3 is 2.53 bits per heavy atom. The number of rotatable bonds is 8. The van der Waals surface area contributed by atoms with Crippen LogP contribution in [0.15, 0.2) is 66.9 Å². The topological polar surface area (TPSA) is 51.7 Å². The highest BCUT2D eigenvalue weighted by Crippen LogP contribution is 2.31. The van der Waals surface area contributed by atoms with E-state index in [-0.39, 0.29) is 25.1 Å². The number of aliphatic hydroxyl groups excluding tert-OH is 1. The van der Waals surface area contributed by atoms with Gasteiger partial charge < -0.3 is 19.7 Å². The average Bonchev–Trinajstić information content (AvgIpc) is 3.25. The lowest BCUT2D eigenvalue weighted by atomic mass is 10.00. The number of benzene rings is 2. The van der Waals surface area contributed by atoms with Gasteiger partial charge in [-0.1, -0.05) is 49.9 Å². The van der Waals surface area contributed by atoms with E-state index < -0.39 is 0 Å². The van der Waals surface area contributed by atoms with Gasteiger partial charge in [-0.25, -0.2) is 0 Å². The molecule has 3 aromatic rings. The van der Waals surface area contributed by atoms with Gasteiger partial charge in [0.15, 0.2) is 0 Å². The molecule has 192 valence electrons. The molecular formula is C30H38FN3O2. The SMILES string of the molecule is C#C.C=C1Cc2c([nH]c3ccccc23)CN1C[C@@H](C)CO.FCC1CN(CCOc2ccccc2)C1. The normalized spacial score (nSPS) is 16.1. The Bertz CT molecular complexity index is 1110. The van der Waals surface area contributed by atoms with Crippen LogP contribution in [0.2, 0.25) is 0 Å². The van der Waals surface area contributed by atoms with Crippen LogP contribution in [0.1, 0.15) is 18.2 Å². The van der Waals surface area contributed by atoms with Crippen molar-refractivity contribution in [3.8, 4) is 18.6 Å². The molecular weight excluding hydrogens is 453 g/mol. The number of aliphatic hydroxyl groups is 1. The maximum absolute atomic E-state index is 12.1. The summed E-state index contributed by atoms with van der Waals surface area (Å²) in [6, 6.07) is 18.2. The van der Waals surface area contributed by atoms with E-state index in [9.17, 15) is 9.50 Å². The number of halogens is 1. The molecule has 5 nitrogen and oxygen atoms in total. The van der Waals surface area contributed by atoms with Crippen LogP contribution in [0.4, 0.5) is 4.39 Å². The van der Waals surface area contributed by atoms with E-state index >= 15 is 0 Å². The molecule has 0 spiro atoms. The number of ether oxygens (including phenoxy) is 1. The summed E-state index contributed by atoms with van der Waals surface area (Å²) in [5, 5.41) is 10.5. The zero-order chi connectivity index (χ0) is 25.9. The fourth-order valence-corrected chi connectivity index (χ4v) is 4.61. The largest absolute Gasteiger partial charge is 0.492 e. The standard InChI is InChI=1S/C16H20N2O.C12H16FNO.C2H2/c1-11(10-19)8-18-9-16-14(7-12(18)2)13-5-3-4-6-15(13)17-16;13-8-11-9-14(10-11)6-7-15-12-4-2-1-3-5-12;1-2/h3-6,11,17,19H,2,7-10H2,1H3;1-5,11H,6-10H2;1-2H/t11-;;/m1../s1. The monoisotopic (exact) mass is 491 g/mol. The van der Waals surface area contributed by atoms with Crippen molar-refractivity contribution in [2.45, 2.75) is 19.9 Å². The molecule has 3 heterocycles. The summed E-state index contributed by atoms with van der Waals surface area (Å²) < 4.78 is 17.7. The summed E-state index contributed by atoms with van der Waals surface area (Å²) in [5.74, 6) is 1.45. The van der Waals surface area contributed by atoms with E-state index in [0.717, 1.165) is 50.6 Å². The van der Waals surface area contributed by atoms with Crippen LogP contribution in [-0.2, 0) is 13.0 Å². The van der Waals surface area contributed by atoms with Crippen molar-refractivity contribution in [3.05, 3.63) is 78.1 Å². The van der Waals surface area contributed by atoms with E-state index in [1.807, 2.05) is 30.3 Å². The first-order valence-electron chi connectivity index (χ1n) is 12.5. The number of fused-ring (bicyclic) bond motifs is 3. The van der Waals surface area contributed by atoms with Gasteiger partial charge in [-0.3, -0.25) is 9.29 Å². The molecule has 0 radical (unpaired) electrons. The molecule has 1 fully saturated rings. The van der Waals surface area contributed by atoms with Crippen molar-refractivity contribution in [3.63, 3.8) is 0 Å². The summed E-state index contributed by atoms with van der Waals surface area (Å²) in [6.45, 7) is 11.4. The Morgan fingerprint density at radius 2 is 1.83 bits per heavy atom. The number of nitrogens with one attached hydrogen (secondary N) is 1. The van der Waals surface area contributed by atoms with Crippen molar-refractivity contribution in [2.24, 2.45) is 11.8 Å². The Hall–Kier alpha value is -3.27. The van der Waals surface area contributed by atoms with E-state index in [1.165, 1.54) is 22.2 Å². The Labute approximate surface area is 214 Å². The number of aromatic amines is 1. The first kappa shape index (κ1) is 27.3. The first-order valence-corrected chi connectivity index (χ1v) is 12.5. The molecule has 2 N–H and O–H groups in total. The minimum absolute atomic E-state index is 0.184. The predicted octanol–water partition coefficient (Wildman–Crippen LogP) is 4.88. The molecule has 0 bridgehead atoms. The molecule has 2 aromatic carbocycles. The summed E-state index contributed by atoms with van der Waals surface area (Å²) in [6.07, 6.45) is 8.90. The van der Waals surface area contributed by atoms with Crippen LogP contribution >= 0.6 is 0 Å². The molecule has 6 heteroatoms. The molecule has 1 saturated heterocycles. The van der Waals surface area contributed by atoms with Crippen molar-refractivity contribution >= 4 is 10.9 Å². The maximum atomic E-state index is 12.1. The number of terminal acetylenes is 1. The summed E-state index contributed by atoms with van der Waals surface area (Å²) in [4.78, 5) is 8.00. The minimum Gasteiger partial charge on any atom is -0.492 e. The quantitative estimate of drug-likeness (QED) is 0.441. The maximum Gasteiger partial charge on any atom is 0.119 e. The van der Waals surface area contributed by atoms with Gasteiger partial charge in [0.1, 0.15) is 12.4 Å². The van der Waals surface area contributed by atoms with Crippen molar-refractivity contribution in [1.82, 2.24) is 14.8 Å². The molecule has 2 aliphatic rings. The van der Waals surface area contributed by atoms with Crippen LogP contribution < -0.4 is 4.74 Å². The van der Waals surface area contributed by atoms with Gasteiger partial charge in [-0.05, 0) is 29.7 Å². The van der Waals surface area contributed by atoms with E-state index in [1.54, 1.807) is 0 Å². The van der Waals surface area contributed by atoms with Gasteiger partial charge in [-0.15, -0.1) is 12.8 Å². The molecule has 2 aliphatic heterocycles. The molecule has 0 amide bonds. The second-order valence-corrected chi connectivity index (χ2v) is 9.48. The summed E-state index contributed by atoms with van der Waals surface area (Å²) in [7, 11) is 0. The highest BCUT2D eigenvalue weighted by Gasteiger charge is 2.26. The molecule has 0 saturated carbocycles. The lowest BCUT2D eigenvalue weighted by molar-refractivity contribution is 0.0668. The zero-order valence-corrected chi connectivity index (χ0v) is 21.2. The Balaban J connectivity index is 0.000000193. The number of allylic oxidation sites excluding steroid dienone is 1. The van der Waals surface area contributed by atoms with Crippen LogP contribution in [-0.4, -0.2) is 66.0 Å². The van der Waals surface area contributed by atoms with Gasteiger partial charge >= 0.3 is 0 Å². The minimum atomic E-state index is -0.184. The van der Waals surface area contributed by atoms with Gasteiger partial charge in [0.2, 0.25) is 0 Å². The second kappa shape index (κ2) is 13.7. The number of para-hydroxylation sites is 2. The number of hydrogen-bond acceptors (Lipinski definition) is 4. The van der Waals surface area contributed by atoms with Crippen LogP contribution in [0, 0.1) is 24.7 Å². The molecule has 1 atom stereocenters. The summed E-state index contributed by atoms with van der Waals surface area (Å²) in [5.41, 5.74) is 5.03. The van der Waals surface area contributed by atoms with Crippen LogP contribution in [0.3, 0.4) is 0 Å². The van der Waals surface area contributed by atoms with Gasteiger partial charge in [0, 0.05) is 67.4 Å². The predicted molar refractivity (Wildman–Crippen MR) is 146 cm³/mol. The molecule has 1 aromatic heterocycles. The van der Waals surface area contributed by atoms with E-state index in [4.69, 9.17) is 4.74 Å². The fourth-order valence-electron chi connectivity index (χ4n) is 4.61. The lowest BCUT2D eigenvalue weighted by Gasteiger charge is -2.37. The molecule has 36 heavy (non-hydrogen) atoms. The number of nitrogens with zero attached hydrogens (tertiary/aromatic N) is 2. The van der Waals surface area contributed by atoms with Gasteiger partial charge in [-0.2, -0.15) is 0 Å². The highest BCUT2D eigenvalue weighted by molar-refractivity contribution is 5.85. The van der Waals surface area contributed by atoms with Crippen LogP contribution in [0.25, 0.3) is 10.9 Å². The number of likely N-dealkylation sites (tertiary alicyclic amines) is 1. The van der Waals surface area contributed by atoms with Gasteiger partial charge in [0.05, 0.1) is 13.2 Å². The van der Waals surface area contributed by atoms with Crippen molar-refractivity contribution in [2.75, 3.05) is 46.1 Å². The third-order valence-corrected chi connectivity index (χ3v) is 6.59. The third-order valence-electron chi connectivity index (χ3n) is 6.59. The fraction of sp³-hybridized carbons (Fsp3) is 0.400. The van der Waals surface area contributed by atoms with Gasteiger partial charge in [0.25, 0.3) is 0 Å².